The predicted octanol–water partition coefficient (Wildman–Crippen LogP) is 4.73. The van der Waals surface area contributed by atoms with E-state index in [2.05, 4.69) is 93.3 Å². The zero-order valence-corrected chi connectivity index (χ0v) is 18.7. The summed E-state index contributed by atoms with van der Waals surface area (Å²) in [6, 6.07) is 24.4. The minimum absolute atomic E-state index is 0. The molecule has 0 spiro atoms. The van der Waals surface area contributed by atoms with Crippen LogP contribution in [0.3, 0.4) is 0 Å². The number of rotatable bonds is 5. The number of nitrogens with zero attached hydrogens (tertiary/aromatic N) is 4. The summed E-state index contributed by atoms with van der Waals surface area (Å²) in [4.78, 5) is 10.4. The third kappa shape index (κ3) is 5.08. The number of fused-ring (bicyclic) bond motifs is 1. The van der Waals surface area contributed by atoms with Gasteiger partial charge in [-0.3, -0.25) is 9.80 Å². The molecule has 5 rings (SSSR count). The van der Waals surface area contributed by atoms with Crippen molar-refractivity contribution in [3.63, 3.8) is 0 Å². The molecule has 3 aromatic carbocycles. The Labute approximate surface area is 194 Å². The van der Waals surface area contributed by atoms with E-state index in [-0.39, 0.29) is 7.43 Å². The van der Waals surface area contributed by atoms with E-state index >= 15 is 0 Å². The lowest BCUT2D eigenvalue weighted by Crippen LogP contribution is -2.51. The minimum Gasteiger partial charge on any atom is -0.369 e. The molecular formula is C28H38N4. The molecule has 0 aliphatic carbocycles. The summed E-state index contributed by atoms with van der Waals surface area (Å²) in [6.45, 7) is 13.7. The molecular weight excluding hydrogens is 392 g/mol. The second-order valence-corrected chi connectivity index (χ2v) is 8.99. The molecule has 3 aromatic rings. The Kier molecular flexibility index (Phi) is 7.33. The molecule has 2 fully saturated rings. The molecule has 32 heavy (non-hydrogen) atoms. The maximum atomic E-state index is 2.65. The number of benzene rings is 3. The van der Waals surface area contributed by atoms with Crippen LogP contribution in [0.1, 0.15) is 13.0 Å². The van der Waals surface area contributed by atoms with Crippen molar-refractivity contribution in [3.05, 3.63) is 72.3 Å². The number of hydrogen-bond acceptors (Lipinski definition) is 4. The van der Waals surface area contributed by atoms with E-state index in [1.165, 1.54) is 53.9 Å². The van der Waals surface area contributed by atoms with Crippen molar-refractivity contribution in [2.45, 2.75) is 14.4 Å². The van der Waals surface area contributed by atoms with Crippen molar-refractivity contribution >= 4 is 22.1 Å². The average Bonchev–Trinajstić information content (AvgIpc) is 2.83. The molecule has 2 saturated heterocycles. The topological polar surface area (TPSA) is 13.0 Å². The normalized spacial score (nSPS) is 18.0. The number of piperazine rings is 2. The van der Waals surface area contributed by atoms with E-state index in [0.717, 1.165) is 39.3 Å². The van der Waals surface area contributed by atoms with Gasteiger partial charge in [-0.2, -0.15) is 0 Å². The molecule has 0 aromatic heterocycles. The van der Waals surface area contributed by atoms with Crippen LogP contribution in [-0.4, -0.2) is 75.2 Å². The van der Waals surface area contributed by atoms with Crippen molar-refractivity contribution in [2.24, 2.45) is 0 Å². The lowest BCUT2D eigenvalue weighted by molar-refractivity contribution is 0.190. The van der Waals surface area contributed by atoms with E-state index in [1.54, 1.807) is 0 Å². The standard InChI is InChI=1S/C27H34N4.CH4/c1-23-6-4-9-25(22-23)30-18-14-28(15-19-30)12-13-29-16-20-31(21-17-29)27-11-5-8-24-7-2-3-10-26(24)27;/h2-11,22H,12-21H2,1H3;1H4. The zero-order valence-electron chi connectivity index (χ0n) is 18.7. The summed E-state index contributed by atoms with van der Waals surface area (Å²) < 4.78 is 0. The summed E-state index contributed by atoms with van der Waals surface area (Å²) in [5, 5.41) is 2.72. The average molecular weight is 431 g/mol. The summed E-state index contributed by atoms with van der Waals surface area (Å²) in [7, 11) is 0. The predicted molar refractivity (Wildman–Crippen MR) is 139 cm³/mol. The van der Waals surface area contributed by atoms with Gasteiger partial charge in [0.25, 0.3) is 0 Å². The van der Waals surface area contributed by atoms with E-state index in [9.17, 15) is 0 Å². The van der Waals surface area contributed by atoms with Crippen LogP contribution in [0.25, 0.3) is 10.8 Å². The van der Waals surface area contributed by atoms with Crippen LogP contribution < -0.4 is 9.80 Å². The molecule has 0 unspecified atom stereocenters. The SMILES string of the molecule is C.Cc1cccc(N2CCN(CCN3CCN(c4cccc5ccccc45)CC3)CC2)c1. The van der Waals surface area contributed by atoms with Crippen molar-refractivity contribution < 1.29 is 0 Å². The van der Waals surface area contributed by atoms with Crippen molar-refractivity contribution in [3.8, 4) is 0 Å². The second-order valence-electron chi connectivity index (χ2n) is 8.99. The quantitative estimate of drug-likeness (QED) is 0.580. The fraction of sp³-hybridized carbons (Fsp3) is 0.429. The van der Waals surface area contributed by atoms with E-state index in [4.69, 9.17) is 0 Å². The van der Waals surface area contributed by atoms with Crippen LogP contribution in [0.5, 0.6) is 0 Å². The van der Waals surface area contributed by atoms with Crippen LogP contribution in [-0.2, 0) is 0 Å². The van der Waals surface area contributed by atoms with Crippen LogP contribution in [0.2, 0.25) is 0 Å². The summed E-state index contributed by atoms with van der Waals surface area (Å²) >= 11 is 0. The molecule has 4 heteroatoms. The first kappa shape index (κ1) is 22.6. The number of hydrogen-bond donors (Lipinski definition) is 0. The third-order valence-corrected chi connectivity index (χ3v) is 6.95. The first-order valence-corrected chi connectivity index (χ1v) is 11.8. The molecule has 2 aliphatic heterocycles. The number of aryl methyl sites for hydroxylation is 1. The number of anilines is 2. The highest BCUT2D eigenvalue weighted by Gasteiger charge is 2.21. The van der Waals surface area contributed by atoms with Gasteiger partial charge in [0.05, 0.1) is 0 Å². The Morgan fingerprint density at radius 2 is 1.22 bits per heavy atom. The van der Waals surface area contributed by atoms with E-state index in [0.29, 0.717) is 0 Å². The van der Waals surface area contributed by atoms with Gasteiger partial charge in [-0.05, 0) is 36.1 Å². The molecule has 0 N–H and O–H groups in total. The summed E-state index contributed by atoms with van der Waals surface area (Å²) in [5.74, 6) is 0. The lowest BCUT2D eigenvalue weighted by Gasteiger charge is -2.39. The fourth-order valence-electron chi connectivity index (χ4n) is 5.03. The molecule has 0 bridgehead atoms. The van der Waals surface area contributed by atoms with Gasteiger partial charge in [0, 0.05) is 82.2 Å². The maximum absolute atomic E-state index is 2.65. The summed E-state index contributed by atoms with van der Waals surface area (Å²) in [5.41, 5.74) is 4.12. The minimum atomic E-state index is 0. The Balaban J connectivity index is 0.00000245. The first-order valence-electron chi connectivity index (χ1n) is 11.8. The van der Waals surface area contributed by atoms with Crippen molar-refractivity contribution in [1.29, 1.82) is 0 Å². The molecule has 0 radical (unpaired) electrons. The third-order valence-electron chi connectivity index (χ3n) is 6.95. The van der Waals surface area contributed by atoms with Gasteiger partial charge >= 0.3 is 0 Å². The molecule has 2 heterocycles. The Morgan fingerprint density at radius 1 is 0.625 bits per heavy atom. The Bertz CT molecular complexity index is 996. The molecule has 4 nitrogen and oxygen atoms in total. The van der Waals surface area contributed by atoms with Gasteiger partial charge in [0.1, 0.15) is 0 Å². The lowest BCUT2D eigenvalue weighted by atomic mass is 10.1. The molecule has 2 aliphatic rings. The summed E-state index contributed by atoms with van der Waals surface area (Å²) in [6.07, 6.45) is 0. The molecule has 0 saturated carbocycles. The van der Waals surface area contributed by atoms with Crippen LogP contribution >= 0.6 is 0 Å². The zero-order chi connectivity index (χ0) is 21.0. The van der Waals surface area contributed by atoms with Crippen molar-refractivity contribution in [2.75, 3.05) is 75.2 Å². The first-order chi connectivity index (χ1) is 15.3. The van der Waals surface area contributed by atoms with Gasteiger partial charge < -0.3 is 9.80 Å². The van der Waals surface area contributed by atoms with E-state index in [1.807, 2.05) is 0 Å². The fourth-order valence-corrected chi connectivity index (χ4v) is 5.03. The van der Waals surface area contributed by atoms with Crippen LogP contribution in [0.4, 0.5) is 11.4 Å². The Hall–Kier alpha value is -2.56. The second kappa shape index (κ2) is 10.4. The highest BCUT2D eigenvalue weighted by atomic mass is 15.3. The monoisotopic (exact) mass is 430 g/mol. The Morgan fingerprint density at radius 3 is 1.91 bits per heavy atom. The van der Waals surface area contributed by atoms with Gasteiger partial charge in [0.2, 0.25) is 0 Å². The van der Waals surface area contributed by atoms with Crippen LogP contribution in [0.15, 0.2) is 66.7 Å². The van der Waals surface area contributed by atoms with Gasteiger partial charge in [-0.25, -0.2) is 0 Å². The molecule has 170 valence electrons. The van der Waals surface area contributed by atoms with Gasteiger partial charge in [0.15, 0.2) is 0 Å². The van der Waals surface area contributed by atoms with Crippen molar-refractivity contribution in [1.82, 2.24) is 9.80 Å². The van der Waals surface area contributed by atoms with Gasteiger partial charge in [-0.1, -0.05) is 56.0 Å². The van der Waals surface area contributed by atoms with Crippen LogP contribution in [0, 0.1) is 6.92 Å². The molecule has 0 amide bonds. The highest BCUT2D eigenvalue weighted by Crippen LogP contribution is 2.27. The molecule has 0 atom stereocenters. The van der Waals surface area contributed by atoms with Gasteiger partial charge in [-0.15, -0.1) is 0 Å². The largest absolute Gasteiger partial charge is 0.369 e. The van der Waals surface area contributed by atoms with E-state index < -0.39 is 0 Å². The maximum Gasteiger partial charge on any atom is 0.0446 e. The smallest absolute Gasteiger partial charge is 0.0446 e. The highest BCUT2D eigenvalue weighted by molar-refractivity contribution is 5.94.